The van der Waals surface area contributed by atoms with Crippen LogP contribution in [-0.4, -0.2) is 42.4 Å². The fourth-order valence-electron chi connectivity index (χ4n) is 3.48. The highest BCUT2D eigenvalue weighted by Gasteiger charge is 2.50. The molecule has 1 saturated heterocycles. The lowest BCUT2D eigenvalue weighted by Crippen LogP contribution is -2.42. The smallest absolute Gasteiger partial charge is 0.325 e. The maximum atomic E-state index is 14.2. The molecule has 0 bridgehead atoms. The van der Waals surface area contributed by atoms with Crippen LogP contribution >= 0.6 is 0 Å². The molecule has 1 N–H and O–H groups in total. The van der Waals surface area contributed by atoms with Gasteiger partial charge in [0.2, 0.25) is 0 Å². The molecule has 156 valence electrons. The second kappa shape index (κ2) is 7.40. The Hall–Kier alpha value is -3.49. The number of ketones is 1. The zero-order valence-corrected chi connectivity index (χ0v) is 16.0. The summed E-state index contributed by atoms with van der Waals surface area (Å²) in [6.45, 7) is 1.65. The summed E-state index contributed by atoms with van der Waals surface area (Å²) in [5.74, 6) is -2.05. The number of benzene rings is 2. The van der Waals surface area contributed by atoms with E-state index in [1.807, 2.05) is 0 Å². The molecule has 2 aromatic carbocycles. The molecule has 0 radical (unpaired) electrons. The van der Waals surface area contributed by atoms with Gasteiger partial charge < -0.3 is 14.8 Å². The van der Waals surface area contributed by atoms with E-state index in [0.717, 1.165) is 18.2 Å². The van der Waals surface area contributed by atoms with Crippen LogP contribution in [0.5, 0.6) is 11.5 Å². The highest BCUT2D eigenvalue weighted by atomic mass is 19.1. The topological polar surface area (TPSA) is 84.9 Å². The molecule has 2 heterocycles. The van der Waals surface area contributed by atoms with Gasteiger partial charge >= 0.3 is 6.03 Å². The number of halogens is 2. The van der Waals surface area contributed by atoms with E-state index < -0.39 is 41.4 Å². The molecule has 0 saturated carbocycles. The molecule has 4 rings (SSSR count). The Kier molecular flexibility index (Phi) is 4.89. The molecule has 30 heavy (non-hydrogen) atoms. The van der Waals surface area contributed by atoms with Gasteiger partial charge in [0, 0.05) is 17.5 Å². The molecule has 1 fully saturated rings. The van der Waals surface area contributed by atoms with Gasteiger partial charge in [0.1, 0.15) is 17.2 Å². The van der Waals surface area contributed by atoms with E-state index in [1.165, 1.54) is 19.1 Å². The van der Waals surface area contributed by atoms with Crippen LogP contribution in [0, 0.1) is 11.6 Å². The van der Waals surface area contributed by atoms with Crippen molar-refractivity contribution < 1.29 is 32.6 Å². The monoisotopic (exact) mass is 416 g/mol. The van der Waals surface area contributed by atoms with Crippen molar-refractivity contribution in [3.8, 4) is 11.5 Å². The highest BCUT2D eigenvalue weighted by Crippen LogP contribution is 2.33. The quantitative estimate of drug-likeness (QED) is 0.612. The molecule has 7 nitrogen and oxygen atoms in total. The number of carbonyl (C=O) groups excluding carboxylic acids is 3. The molecule has 2 aliphatic heterocycles. The molecule has 2 aliphatic rings. The third kappa shape index (κ3) is 3.36. The molecular formula is C21H18F2N2O5. The lowest BCUT2D eigenvalue weighted by Gasteiger charge is -2.22. The molecule has 9 heteroatoms. The van der Waals surface area contributed by atoms with Crippen molar-refractivity contribution >= 4 is 17.7 Å². The number of rotatable bonds is 4. The van der Waals surface area contributed by atoms with Crippen molar-refractivity contribution in [1.29, 1.82) is 0 Å². The standard InChI is InChI=1S/C21H18F2N2O5/c1-21(14-10-13(22)4-5-15(14)23)19(27)25(20(28)24-21)11-16(26)12-3-6-17-18(9-12)30-8-2-7-29-17/h3-6,9-10H,2,7-8,11H2,1H3,(H,24,28)/t21-/m0/s1. The van der Waals surface area contributed by atoms with Gasteiger partial charge in [0.05, 0.1) is 19.8 Å². The normalized spacial score (nSPS) is 20.7. The van der Waals surface area contributed by atoms with Crippen LogP contribution in [0.25, 0.3) is 0 Å². The number of carbonyl (C=O) groups is 3. The lowest BCUT2D eigenvalue weighted by molar-refractivity contribution is -0.130. The second-order valence-electron chi connectivity index (χ2n) is 7.21. The maximum Gasteiger partial charge on any atom is 0.325 e. The van der Waals surface area contributed by atoms with Gasteiger partial charge in [-0.05, 0) is 43.3 Å². The van der Waals surface area contributed by atoms with Gasteiger partial charge in [0.25, 0.3) is 5.91 Å². The number of hydrogen-bond acceptors (Lipinski definition) is 5. The van der Waals surface area contributed by atoms with E-state index in [-0.39, 0.29) is 11.1 Å². The maximum absolute atomic E-state index is 14.2. The first-order chi connectivity index (χ1) is 14.3. The molecule has 0 aromatic heterocycles. The summed E-state index contributed by atoms with van der Waals surface area (Å²) in [5.41, 5.74) is -1.91. The molecule has 1 atom stereocenters. The Morgan fingerprint density at radius 1 is 1.10 bits per heavy atom. The number of Topliss-reactive ketones (excluding diaryl/α,β-unsaturated/α-hetero) is 1. The summed E-state index contributed by atoms with van der Waals surface area (Å²) in [4.78, 5) is 38.7. The summed E-state index contributed by atoms with van der Waals surface area (Å²) in [6, 6.07) is 6.37. The fourth-order valence-corrected chi connectivity index (χ4v) is 3.48. The summed E-state index contributed by atoms with van der Waals surface area (Å²) in [5, 5.41) is 2.36. The van der Waals surface area contributed by atoms with Crippen molar-refractivity contribution in [3.63, 3.8) is 0 Å². The van der Waals surface area contributed by atoms with Crippen LogP contribution in [0.15, 0.2) is 36.4 Å². The number of imide groups is 1. The Morgan fingerprint density at radius 3 is 2.60 bits per heavy atom. The Labute approximate surface area is 170 Å². The number of hydrogen-bond donors (Lipinski definition) is 1. The summed E-state index contributed by atoms with van der Waals surface area (Å²) < 4.78 is 38.9. The Balaban J connectivity index is 1.57. The van der Waals surface area contributed by atoms with Crippen LogP contribution in [0.2, 0.25) is 0 Å². The number of nitrogens with zero attached hydrogens (tertiary/aromatic N) is 1. The van der Waals surface area contributed by atoms with Crippen molar-refractivity contribution in [2.75, 3.05) is 19.8 Å². The number of ether oxygens (including phenoxy) is 2. The molecule has 2 aromatic rings. The van der Waals surface area contributed by atoms with Crippen molar-refractivity contribution in [2.45, 2.75) is 18.9 Å². The van der Waals surface area contributed by atoms with Crippen LogP contribution in [0.4, 0.5) is 13.6 Å². The van der Waals surface area contributed by atoms with Gasteiger partial charge in [-0.15, -0.1) is 0 Å². The number of amides is 3. The average Bonchev–Trinajstić information content (AvgIpc) is 2.89. The van der Waals surface area contributed by atoms with Gasteiger partial charge in [-0.3, -0.25) is 14.5 Å². The van der Waals surface area contributed by atoms with E-state index in [0.29, 0.717) is 36.0 Å². The third-order valence-corrected chi connectivity index (χ3v) is 5.11. The lowest BCUT2D eigenvalue weighted by atomic mass is 9.91. The largest absolute Gasteiger partial charge is 0.490 e. The van der Waals surface area contributed by atoms with Crippen LogP contribution < -0.4 is 14.8 Å². The molecule has 0 unspecified atom stereocenters. The van der Waals surface area contributed by atoms with E-state index >= 15 is 0 Å². The number of urea groups is 1. The number of fused-ring (bicyclic) bond motifs is 1. The van der Waals surface area contributed by atoms with Crippen molar-refractivity contribution in [3.05, 3.63) is 59.2 Å². The van der Waals surface area contributed by atoms with Crippen molar-refractivity contribution in [2.24, 2.45) is 0 Å². The Bertz CT molecular complexity index is 1060. The summed E-state index contributed by atoms with van der Waals surface area (Å²) in [6.07, 6.45) is 0.704. The van der Waals surface area contributed by atoms with E-state index in [9.17, 15) is 23.2 Å². The predicted octanol–water partition coefficient (Wildman–Crippen LogP) is 2.78. The summed E-state index contributed by atoms with van der Waals surface area (Å²) >= 11 is 0. The SMILES string of the molecule is C[C@@]1(c2cc(F)ccc2F)NC(=O)N(CC(=O)c2ccc3c(c2)OCCCO3)C1=O. The average molecular weight is 416 g/mol. The van der Waals surface area contributed by atoms with Gasteiger partial charge in [-0.1, -0.05) is 0 Å². The van der Waals surface area contributed by atoms with Gasteiger partial charge in [-0.25, -0.2) is 13.6 Å². The first kappa shape index (κ1) is 19.8. The molecular weight excluding hydrogens is 398 g/mol. The fraction of sp³-hybridized carbons (Fsp3) is 0.286. The van der Waals surface area contributed by atoms with Crippen LogP contribution in [-0.2, 0) is 10.3 Å². The van der Waals surface area contributed by atoms with Crippen LogP contribution in [0.3, 0.4) is 0 Å². The number of nitrogens with one attached hydrogen (secondary N) is 1. The van der Waals surface area contributed by atoms with E-state index in [2.05, 4.69) is 5.32 Å². The molecule has 0 aliphatic carbocycles. The van der Waals surface area contributed by atoms with E-state index in [1.54, 1.807) is 6.07 Å². The second-order valence-corrected chi connectivity index (χ2v) is 7.21. The van der Waals surface area contributed by atoms with E-state index in [4.69, 9.17) is 9.47 Å². The molecule has 0 spiro atoms. The van der Waals surface area contributed by atoms with Crippen molar-refractivity contribution in [1.82, 2.24) is 10.2 Å². The minimum atomic E-state index is -1.83. The zero-order valence-electron chi connectivity index (χ0n) is 16.0. The third-order valence-electron chi connectivity index (χ3n) is 5.11. The molecule has 3 amide bonds. The minimum Gasteiger partial charge on any atom is -0.490 e. The predicted molar refractivity (Wildman–Crippen MR) is 100 cm³/mol. The minimum absolute atomic E-state index is 0.227. The Morgan fingerprint density at radius 2 is 1.83 bits per heavy atom. The first-order valence-corrected chi connectivity index (χ1v) is 9.32. The van der Waals surface area contributed by atoms with Crippen LogP contribution in [0.1, 0.15) is 29.3 Å². The van der Waals surface area contributed by atoms with Gasteiger partial charge in [-0.2, -0.15) is 0 Å². The van der Waals surface area contributed by atoms with Gasteiger partial charge in [0.15, 0.2) is 17.3 Å². The highest BCUT2D eigenvalue weighted by molar-refractivity contribution is 6.11. The zero-order chi connectivity index (χ0) is 21.5. The first-order valence-electron chi connectivity index (χ1n) is 9.32. The summed E-state index contributed by atoms with van der Waals surface area (Å²) in [7, 11) is 0.